The molecule has 148 valence electrons. The second-order valence-corrected chi connectivity index (χ2v) is 6.77. The second-order valence-electron chi connectivity index (χ2n) is 5.78. The summed E-state index contributed by atoms with van der Waals surface area (Å²) < 4.78 is 18.3. The summed E-state index contributed by atoms with van der Waals surface area (Å²) in [6.07, 6.45) is 0.905. The molecule has 0 spiro atoms. The number of esters is 1. The zero-order valence-electron chi connectivity index (χ0n) is 15.4. The normalized spacial score (nSPS) is 10.2. The highest BCUT2D eigenvalue weighted by atomic mass is 32.2. The van der Waals surface area contributed by atoms with E-state index in [1.165, 1.54) is 18.2 Å². The van der Waals surface area contributed by atoms with Gasteiger partial charge in [0.1, 0.15) is 5.82 Å². The predicted molar refractivity (Wildman–Crippen MR) is 108 cm³/mol. The van der Waals surface area contributed by atoms with Crippen molar-refractivity contribution in [1.29, 1.82) is 0 Å². The Bertz CT molecular complexity index is 827. The Morgan fingerprint density at radius 1 is 0.964 bits per heavy atom. The minimum atomic E-state index is -0.611. The number of amides is 2. The van der Waals surface area contributed by atoms with E-state index < -0.39 is 30.2 Å². The van der Waals surface area contributed by atoms with Crippen molar-refractivity contribution < 1.29 is 23.5 Å². The van der Waals surface area contributed by atoms with Gasteiger partial charge in [-0.2, -0.15) is 0 Å². The smallest absolute Gasteiger partial charge is 0.316 e. The Kier molecular flexibility index (Phi) is 8.48. The van der Waals surface area contributed by atoms with Crippen LogP contribution >= 0.6 is 11.8 Å². The number of hydrogen-bond acceptors (Lipinski definition) is 5. The lowest BCUT2D eigenvalue weighted by Gasteiger charge is -2.08. The van der Waals surface area contributed by atoms with Gasteiger partial charge in [0.2, 0.25) is 5.91 Å². The average Bonchev–Trinajstić information content (AvgIpc) is 2.69. The molecular formula is C20H21FN2O4S. The molecule has 0 fully saturated rings. The molecule has 0 atom stereocenters. The maximum atomic E-state index is 13.4. The molecule has 0 unspecified atom stereocenters. The van der Waals surface area contributed by atoms with Crippen molar-refractivity contribution >= 4 is 40.9 Å². The van der Waals surface area contributed by atoms with Crippen LogP contribution in [0.4, 0.5) is 15.8 Å². The second kappa shape index (κ2) is 11.1. The Hall–Kier alpha value is -2.87. The number of carbonyl (C=O) groups excluding carboxylic acids is 3. The van der Waals surface area contributed by atoms with Crippen LogP contribution in [0.3, 0.4) is 0 Å². The molecule has 2 aromatic carbocycles. The maximum absolute atomic E-state index is 13.4. The Balaban J connectivity index is 1.63. The highest BCUT2D eigenvalue weighted by Gasteiger charge is 2.11. The van der Waals surface area contributed by atoms with Gasteiger partial charge in [-0.15, -0.1) is 11.8 Å². The van der Waals surface area contributed by atoms with Crippen molar-refractivity contribution in [2.24, 2.45) is 0 Å². The molecule has 2 rings (SSSR count). The molecule has 2 amide bonds. The SMILES string of the molecule is CCc1ccc(NC(=O)COC(=O)CSCC(=O)Nc2ccccc2F)cc1. The fraction of sp³-hybridized carbons (Fsp3) is 0.250. The van der Waals surface area contributed by atoms with Crippen molar-refractivity contribution in [2.45, 2.75) is 13.3 Å². The molecule has 0 saturated carbocycles. The number of para-hydroxylation sites is 1. The number of anilines is 2. The quantitative estimate of drug-likeness (QED) is 0.627. The van der Waals surface area contributed by atoms with Gasteiger partial charge in [0.25, 0.3) is 5.91 Å². The van der Waals surface area contributed by atoms with E-state index in [0.29, 0.717) is 5.69 Å². The number of halogens is 1. The maximum Gasteiger partial charge on any atom is 0.316 e. The summed E-state index contributed by atoms with van der Waals surface area (Å²) in [6, 6.07) is 13.2. The van der Waals surface area contributed by atoms with E-state index >= 15 is 0 Å². The van der Waals surface area contributed by atoms with Gasteiger partial charge in [-0.25, -0.2) is 4.39 Å². The van der Waals surface area contributed by atoms with Crippen molar-refractivity contribution in [2.75, 3.05) is 28.7 Å². The van der Waals surface area contributed by atoms with Crippen LogP contribution in [0.1, 0.15) is 12.5 Å². The van der Waals surface area contributed by atoms with E-state index in [9.17, 15) is 18.8 Å². The Labute approximate surface area is 166 Å². The highest BCUT2D eigenvalue weighted by Crippen LogP contribution is 2.13. The summed E-state index contributed by atoms with van der Waals surface area (Å²) in [7, 11) is 0. The number of hydrogen-bond donors (Lipinski definition) is 2. The minimum absolute atomic E-state index is 0.0423. The topological polar surface area (TPSA) is 84.5 Å². The molecule has 28 heavy (non-hydrogen) atoms. The van der Waals surface area contributed by atoms with Gasteiger partial charge < -0.3 is 15.4 Å². The number of ether oxygens (including phenoxy) is 1. The highest BCUT2D eigenvalue weighted by molar-refractivity contribution is 8.00. The number of carbonyl (C=O) groups is 3. The van der Waals surface area contributed by atoms with Crippen LogP contribution in [0.5, 0.6) is 0 Å². The van der Waals surface area contributed by atoms with E-state index in [1.807, 2.05) is 19.1 Å². The van der Waals surface area contributed by atoms with Crippen LogP contribution in [0.2, 0.25) is 0 Å². The Morgan fingerprint density at radius 3 is 2.36 bits per heavy atom. The number of rotatable bonds is 9. The van der Waals surface area contributed by atoms with Crippen molar-refractivity contribution in [3.05, 3.63) is 59.9 Å². The largest absolute Gasteiger partial charge is 0.455 e. The molecule has 0 aliphatic carbocycles. The van der Waals surface area contributed by atoms with Gasteiger partial charge in [-0.3, -0.25) is 14.4 Å². The van der Waals surface area contributed by atoms with Gasteiger partial charge in [0, 0.05) is 5.69 Å². The fourth-order valence-corrected chi connectivity index (χ4v) is 2.79. The summed E-state index contributed by atoms with van der Waals surface area (Å²) in [6.45, 7) is 1.63. The van der Waals surface area contributed by atoms with Gasteiger partial charge in [0.05, 0.1) is 17.2 Å². The Morgan fingerprint density at radius 2 is 1.68 bits per heavy atom. The monoisotopic (exact) mass is 404 g/mol. The summed E-state index contributed by atoms with van der Waals surface area (Å²) in [5.41, 5.74) is 1.86. The molecule has 0 aliphatic rings. The first kappa shape index (κ1) is 21.4. The first-order valence-corrected chi connectivity index (χ1v) is 9.80. The molecular weight excluding hydrogens is 383 g/mol. The van der Waals surface area contributed by atoms with Crippen LogP contribution in [-0.4, -0.2) is 35.9 Å². The van der Waals surface area contributed by atoms with Crippen LogP contribution < -0.4 is 10.6 Å². The third-order valence-electron chi connectivity index (χ3n) is 3.61. The summed E-state index contributed by atoms with van der Waals surface area (Å²) in [5, 5.41) is 5.05. The van der Waals surface area contributed by atoms with Crippen LogP contribution in [0.15, 0.2) is 48.5 Å². The number of benzene rings is 2. The first-order valence-electron chi connectivity index (χ1n) is 8.64. The zero-order chi connectivity index (χ0) is 20.4. The standard InChI is InChI=1S/C20H21FN2O4S/c1-2-14-7-9-15(10-8-14)22-18(24)11-27-20(26)13-28-12-19(25)23-17-6-4-3-5-16(17)21/h3-10H,2,11-13H2,1H3,(H,22,24)(H,23,25). The van der Waals surface area contributed by atoms with Gasteiger partial charge in [0.15, 0.2) is 6.61 Å². The molecule has 0 radical (unpaired) electrons. The third kappa shape index (κ3) is 7.40. The molecule has 0 aromatic heterocycles. The minimum Gasteiger partial charge on any atom is -0.455 e. The average molecular weight is 404 g/mol. The summed E-state index contributed by atoms with van der Waals surface area (Å²) >= 11 is 1.01. The molecule has 2 N–H and O–H groups in total. The van der Waals surface area contributed by atoms with Crippen molar-refractivity contribution in [3.63, 3.8) is 0 Å². The summed E-state index contributed by atoms with van der Waals surface area (Å²) in [5.74, 6) is -2.16. The molecule has 6 nitrogen and oxygen atoms in total. The van der Waals surface area contributed by atoms with Gasteiger partial charge in [-0.05, 0) is 36.2 Å². The van der Waals surface area contributed by atoms with Crippen LogP contribution in [0.25, 0.3) is 0 Å². The van der Waals surface area contributed by atoms with Crippen molar-refractivity contribution in [3.8, 4) is 0 Å². The number of thioether (sulfide) groups is 1. The fourth-order valence-electron chi connectivity index (χ4n) is 2.18. The third-order valence-corrected chi connectivity index (χ3v) is 4.52. The van der Waals surface area contributed by atoms with Crippen LogP contribution in [-0.2, 0) is 25.5 Å². The number of aryl methyl sites for hydroxylation is 1. The lowest BCUT2D eigenvalue weighted by atomic mass is 10.1. The van der Waals surface area contributed by atoms with E-state index in [1.54, 1.807) is 18.2 Å². The summed E-state index contributed by atoms with van der Waals surface area (Å²) in [4.78, 5) is 35.2. The van der Waals surface area contributed by atoms with Crippen LogP contribution in [0, 0.1) is 5.82 Å². The van der Waals surface area contributed by atoms with E-state index in [2.05, 4.69) is 10.6 Å². The molecule has 0 heterocycles. The molecule has 8 heteroatoms. The molecule has 2 aromatic rings. The van der Waals surface area contributed by atoms with Gasteiger partial charge >= 0.3 is 5.97 Å². The van der Waals surface area contributed by atoms with Gasteiger partial charge in [-0.1, -0.05) is 31.2 Å². The lowest BCUT2D eigenvalue weighted by molar-refractivity contribution is -0.144. The van der Waals surface area contributed by atoms with E-state index in [0.717, 1.165) is 23.7 Å². The molecule has 0 bridgehead atoms. The number of nitrogens with one attached hydrogen (secondary N) is 2. The predicted octanol–water partition coefficient (Wildman–Crippen LogP) is 3.24. The van der Waals surface area contributed by atoms with Crippen molar-refractivity contribution in [1.82, 2.24) is 0 Å². The molecule has 0 aliphatic heterocycles. The first-order chi connectivity index (χ1) is 13.5. The van der Waals surface area contributed by atoms with E-state index in [4.69, 9.17) is 4.74 Å². The zero-order valence-corrected chi connectivity index (χ0v) is 16.2. The lowest BCUT2D eigenvalue weighted by Crippen LogP contribution is -2.22. The van der Waals surface area contributed by atoms with E-state index in [-0.39, 0.29) is 17.2 Å². The molecule has 0 saturated heterocycles.